The van der Waals surface area contributed by atoms with Crippen molar-refractivity contribution in [3.8, 4) is 22.6 Å². The third-order valence-electron chi connectivity index (χ3n) is 4.37. The van der Waals surface area contributed by atoms with Crippen LogP contribution in [0.2, 0.25) is 0 Å². The van der Waals surface area contributed by atoms with E-state index in [1.54, 1.807) is 6.20 Å². The molecular weight excluding hydrogens is 308 g/mol. The molecule has 0 aliphatic carbocycles. The van der Waals surface area contributed by atoms with E-state index >= 15 is 0 Å². The number of nitrogens with zero attached hydrogens (tertiary/aromatic N) is 2. The summed E-state index contributed by atoms with van der Waals surface area (Å²) in [5.41, 5.74) is 5.88. The second-order valence-electron chi connectivity index (χ2n) is 7.22. The van der Waals surface area contributed by atoms with E-state index in [-0.39, 0.29) is 5.41 Å². The van der Waals surface area contributed by atoms with Crippen molar-refractivity contribution in [2.24, 2.45) is 0 Å². The standard InChI is InChI=1S/C22H20N2O/c1-22(2,3)17-11-9-15(10-12-17)18-13-14-23-20-19(18)25-21(24-20)16-7-5-4-6-8-16/h4-14H,1-3H3. The molecule has 124 valence electrons. The predicted molar refractivity (Wildman–Crippen MR) is 101 cm³/mol. The Hall–Kier alpha value is -2.94. The summed E-state index contributed by atoms with van der Waals surface area (Å²) in [7, 11) is 0. The molecule has 0 aliphatic heterocycles. The first-order chi connectivity index (χ1) is 12.0. The summed E-state index contributed by atoms with van der Waals surface area (Å²) in [4.78, 5) is 8.91. The molecule has 4 aromatic rings. The lowest BCUT2D eigenvalue weighted by molar-refractivity contribution is 0.590. The highest BCUT2D eigenvalue weighted by Crippen LogP contribution is 2.32. The topological polar surface area (TPSA) is 38.9 Å². The van der Waals surface area contributed by atoms with Crippen LogP contribution in [0.25, 0.3) is 33.8 Å². The Bertz CT molecular complexity index is 1010. The lowest BCUT2D eigenvalue weighted by Gasteiger charge is -2.19. The molecular formula is C22H20N2O. The van der Waals surface area contributed by atoms with Crippen LogP contribution in [0.5, 0.6) is 0 Å². The average Bonchev–Trinajstić information content (AvgIpc) is 3.06. The minimum Gasteiger partial charge on any atom is -0.434 e. The van der Waals surface area contributed by atoms with E-state index in [4.69, 9.17) is 4.42 Å². The minimum atomic E-state index is 0.138. The van der Waals surface area contributed by atoms with E-state index in [0.29, 0.717) is 11.5 Å². The Balaban J connectivity index is 1.81. The fraction of sp³-hybridized carbons (Fsp3) is 0.182. The molecule has 0 spiro atoms. The molecule has 2 aromatic heterocycles. The molecule has 3 nitrogen and oxygen atoms in total. The third kappa shape index (κ3) is 2.93. The molecule has 0 N–H and O–H groups in total. The summed E-state index contributed by atoms with van der Waals surface area (Å²) in [5.74, 6) is 0.599. The van der Waals surface area contributed by atoms with Crippen molar-refractivity contribution in [2.75, 3.05) is 0 Å². The van der Waals surface area contributed by atoms with Crippen LogP contribution in [0.3, 0.4) is 0 Å². The van der Waals surface area contributed by atoms with Gasteiger partial charge in [-0.25, -0.2) is 4.98 Å². The number of rotatable bonds is 2. The lowest BCUT2D eigenvalue weighted by atomic mass is 9.86. The van der Waals surface area contributed by atoms with Gasteiger partial charge in [-0.05, 0) is 34.7 Å². The van der Waals surface area contributed by atoms with Crippen LogP contribution in [-0.2, 0) is 5.41 Å². The van der Waals surface area contributed by atoms with Gasteiger partial charge in [-0.1, -0.05) is 63.2 Å². The maximum Gasteiger partial charge on any atom is 0.228 e. The fourth-order valence-electron chi connectivity index (χ4n) is 2.91. The SMILES string of the molecule is CC(C)(C)c1ccc(-c2ccnc3nc(-c4ccccc4)oc23)cc1. The summed E-state index contributed by atoms with van der Waals surface area (Å²) in [6, 6.07) is 20.5. The van der Waals surface area contributed by atoms with E-state index in [1.165, 1.54) is 5.56 Å². The summed E-state index contributed by atoms with van der Waals surface area (Å²) >= 11 is 0. The number of fused-ring (bicyclic) bond motifs is 1. The zero-order valence-corrected chi connectivity index (χ0v) is 14.7. The summed E-state index contributed by atoms with van der Waals surface area (Å²) < 4.78 is 6.06. The molecule has 0 radical (unpaired) electrons. The van der Waals surface area contributed by atoms with Crippen LogP contribution in [0, 0.1) is 0 Å². The second kappa shape index (κ2) is 5.85. The molecule has 2 aromatic carbocycles. The molecule has 0 bridgehead atoms. The fourth-order valence-corrected chi connectivity index (χ4v) is 2.91. The number of benzene rings is 2. The summed E-state index contributed by atoms with van der Waals surface area (Å²) in [6.45, 7) is 6.65. The highest BCUT2D eigenvalue weighted by atomic mass is 16.3. The molecule has 2 heterocycles. The van der Waals surface area contributed by atoms with Gasteiger partial charge in [-0.2, -0.15) is 4.98 Å². The van der Waals surface area contributed by atoms with Gasteiger partial charge in [0.25, 0.3) is 0 Å². The third-order valence-corrected chi connectivity index (χ3v) is 4.37. The first kappa shape index (κ1) is 15.6. The van der Waals surface area contributed by atoms with Gasteiger partial charge in [0, 0.05) is 17.3 Å². The average molecular weight is 328 g/mol. The van der Waals surface area contributed by atoms with E-state index in [0.717, 1.165) is 22.3 Å². The Labute approximate surface area is 147 Å². The van der Waals surface area contributed by atoms with Gasteiger partial charge < -0.3 is 4.42 Å². The Kier molecular flexibility index (Phi) is 3.65. The molecule has 0 unspecified atom stereocenters. The van der Waals surface area contributed by atoms with Crippen LogP contribution in [0.4, 0.5) is 0 Å². The maximum atomic E-state index is 6.06. The maximum absolute atomic E-state index is 6.06. The predicted octanol–water partition coefficient (Wildman–Crippen LogP) is 5.85. The normalized spacial score (nSPS) is 11.8. The number of oxazole rings is 1. The van der Waals surface area contributed by atoms with Gasteiger partial charge in [0.1, 0.15) is 0 Å². The second-order valence-corrected chi connectivity index (χ2v) is 7.22. The number of hydrogen-bond acceptors (Lipinski definition) is 3. The summed E-state index contributed by atoms with van der Waals surface area (Å²) in [6.07, 6.45) is 1.78. The smallest absolute Gasteiger partial charge is 0.228 e. The van der Waals surface area contributed by atoms with Crippen molar-refractivity contribution in [2.45, 2.75) is 26.2 Å². The van der Waals surface area contributed by atoms with Gasteiger partial charge in [0.15, 0.2) is 11.2 Å². The van der Waals surface area contributed by atoms with Gasteiger partial charge in [-0.15, -0.1) is 0 Å². The van der Waals surface area contributed by atoms with E-state index < -0.39 is 0 Å². The zero-order valence-electron chi connectivity index (χ0n) is 14.7. The molecule has 3 heteroatoms. The van der Waals surface area contributed by atoms with Crippen LogP contribution in [0.15, 0.2) is 71.3 Å². The Morgan fingerprint density at radius 3 is 2.20 bits per heavy atom. The molecule has 0 aliphatic rings. The zero-order chi connectivity index (χ0) is 17.4. The van der Waals surface area contributed by atoms with Gasteiger partial charge in [0.05, 0.1) is 0 Å². The van der Waals surface area contributed by atoms with Crippen LogP contribution >= 0.6 is 0 Å². The van der Waals surface area contributed by atoms with E-state index in [1.807, 2.05) is 36.4 Å². The number of hydrogen-bond donors (Lipinski definition) is 0. The summed E-state index contributed by atoms with van der Waals surface area (Å²) in [5, 5.41) is 0. The van der Waals surface area contributed by atoms with Crippen LogP contribution < -0.4 is 0 Å². The highest BCUT2D eigenvalue weighted by Gasteiger charge is 2.16. The van der Waals surface area contributed by atoms with Crippen molar-refractivity contribution in [3.05, 3.63) is 72.4 Å². The van der Waals surface area contributed by atoms with Crippen LogP contribution in [-0.4, -0.2) is 9.97 Å². The van der Waals surface area contributed by atoms with Gasteiger partial charge in [-0.3, -0.25) is 0 Å². The van der Waals surface area contributed by atoms with Crippen molar-refractivity contribution in [1.29, 1.82) is 0 Å². The quantitative estimate of drug-likeness (QED) is 0.463. The Morgan fingerprint density at radius 2 is 1.52 bits per heavy atom. The van der Waals surface area contributed by atoms with E-state index in [2.05, 4.69) is 55.0 Å². The van der Waals surface area contributed by atoms with Crippen molar-refractivity contribution >= 4 is 11.2 Å². The molecule has 0 atom stereocenters. The van der Waals surface area contributed by atoms with Crippen molar-refractivity contribution < 1.29 is 4.42 Å². The minimum absolute atomic E-state index is 0.138. The molecule has 0 fully saturated rings. The van der Waals surface area contributed by atoms with Gasteiger partial charge >= 0.3 is 0 Å². The van der Waals surface area contributed by atoms with Crippen molar-refractivity contribution in [3.63, 3.8) is 0 Å². The first-order valence-electron chi connectivity index (χ1n) is 8.44. The lowest BCUT2D eigenvalue weighted by Crippen LogP contribution is -2.10. The monoisotopic (exact) mass is 328 g/mol. The molecule has 0 amide bonds. The molecule has 25 heavy (non-hydrogen) atoms. The molecule has 0 saturated heterocycles. The number of pyridine rings is 1. The van der Waals surface area contributed by atoms with E-state index in [9.17, 15) is 0 Å². The van der Waals surface area contributed by atoms with Crippen LogP contribution in [0.1, 0.15) is 26.3 Å². The highest BCUT2D eigenvalue weighted by molar-refractivity contribution is 5.89. The van der Waals surface area contributed by atoms with Gasteiger partial charge in [0.2, 0.25) is 5.89 Å². The largest absolute Gasteiger partial charge is 0.434 e. The number of aromatic nitrogens is 2. The van der Waals surface area contributed by atoms with Crippen molar-refractivity contribution in [1.82, 2.24) is 9.97 Å². The molecule has 4 rings (SSSR count). The first-order valence-corrected chi connectivity index (χ1v) is 8.44. The Morgan fingerprint density at radius 1 is 0.800 bits per heavy atom. The molecule has 0 saturated carbocycles.